The lowest BCUT2D eigenvalue weighted by atomic mass is 9.78. The van der Waals surface area contributed by atoms with Crippen LogP contribution in [-0.4, -0.2) is 12.6 Å². The van der Waals surface area contributed by atoms with Gasteiger partial charge in [0.2, 0.25) is 0 Å². The molecule has 20 heavy (non-hydrogen) atoms. The molecule has 2 nitrogen and oxygen atoms in total. The molecular formula is C17H21BrO2. The van der Waals surface area contributed by atoms with Gasteiger partial charge in [0.05, 0.1) is 6.61 Å². The third-order valence-electron chi connectivity index (χ3n) is 3.90. The lowest BCUT2D eigenvalue weighted by Gasteiger charge is -2.27. The number of hydrogen-bond donors (Lipinski definition) is 0. The SMILES string of the molecule is CCOC(=O)/C=C/C1CCC(c2ccc(Br)cc2)CC1. The van der Waals surface area contributed by atoms with Gasteiger partial charge in [-0.25, -0.2) is 4.79 Å². The van der Waals surface area contributed by atoms with Crippen molar-refractivity contribution in [2.24, 2.45) is 5.92 Å². The number of rotatable bonds is 4. The Balaban J connectivity index is 1.83. The van der Waals surface area contributed by atoms with E-state index in [1.165, 1.54) is 18.4 Å². The maximum atomic E-state index is 11.3. The molecule has 0 atom stereocenters. The predicted octanol–water partition coefficient (Wildman–Crippen LogP) is 4.84. The van der Waals surface area contributed by atoms with Crippen LogP contribution in [0.1, 0.15) is 44.1 Å². The quantitative estimate of drug-likeness (QED) is 0.580. The summed E-state index contributed by atoms with van der Waals surface area (Å²) < 4.78 is 6.04. The van der Waals surface area contributed by atoms with Crippen LogP contribution in [0.25, 0.3) is 0 Å². The minimum absolute atomic E-state index is 0.220. The van der Waals surface area contributed by atoms with Gasteiger partial charge in [-0.3, -0.25) is 0 Å². The van der Waals surface area contributed by atoms with E-state index in [0.717, 1.165) is 17.3 Å². The van der Waals surface area contributed by atoms with E-state index in [1.54, 1.807) is 6.08 Å². The number of esters is 1. The summed E-state index contributed by atoms with van der Waals surface area (Å²) in [6.45, 7) is 2.27. The number of allylic oxidation sites excluding steroid dienone is 1. The Labute approximate surface area is 129 Å². The number of carbonyl (C=O) groups excluding carboxylic acids is 1. The molecule has 108 valence electrons. The van der Waals surface area contributed by atoms with Gasteiger partial charge in [0.15, 0.2) is 0 Å². The fraction of sp³-hybridized carbons (Fsp3) is 0.471. The molecule has 1 saturated carbocycles. The summed E-state index contributed by atoms with van der Waals surface area (Å²) in [5.74, 6) is 0.962. The van der Waals surface area contributed by atoms with Crippen molar-refractivity contribution in [2.45, 2.75) is 38.5 Å². The lowest BCUT2D eigenvalue weighted by Crippen LogP contribution is -2.12. The van der Waals surface area contributed by atoms with E-state index in [-0.39, 0.29) is 5.97 Å². The zero-order valence-corrected chi connectivity index (χ0v) is 13.4. The fourth-order valence-electron chi connectivity index (χ4n) is 2.78. The zero-order chi connectivity index (χ0) is 14.4. The van der Waals surface area contributed by atoms with Crippen molar-refractivity contribution < 1.29 is 9.53 Å². The van der Waals surface area contributed by atoms with Gasteiger partial charge in [-0.1, -0.05) is 34.1 Å². The van der Waals surface area contributed by atoms with E-state index in [9.17, 15) is 4.79 Å². The molecule has 0 unspecified atom stereocenters. The monoisotopic (exact) mass is 336 g/mol. The maximum absolute atomic E-state index is 11.3. The van der Waals surface area contributed by atoms with Gasteiger partial charge in [0, 0.05) is 10.5 Å². The highest BCUT2D eigenvalue weighted by atomic mass is 79.9. The highest BCUT2D eigenvalue weighted by Crippen LogP contribution is 2.36. The highest BCUT2D eigenvalue weighted by molar-refractivity contribution is 9.10. The maximum Gasteiger partial charge on any atom is 0.330 e. The third kappa shape index (κ3) is 4.48. The van der Waals surface area contributed by atoms with Crippen molar-refractivity contribution in [1.29, 1.82) is 0 Å². The molecule has 1 aliphatic carbocycles. The summed E-state index contributed by atoms with van der Waals surface area (Å²) in [7, 11) is 0. The van der Waals surface area contributed by atoms with Gasteiger partial charge < -0.3 is 4.74 Å². The van der Waals surface area contributed by atoms with Crippen LogP contribution < -0.4 is 0 Å². The van der Waals surface area contributed by atoms with E-state index < -0.39 is 0 Å². The van der Waals surface area contributed by atoms with Crippen LogP contribution in [0.2, 0.25) is 0 Å². The van der Waals surface area contributed by atoms with Gasteiger partial charge in [-0.2, -0.15) is 0 Å². The molecule has 0 aromatic heterocycles. The summed E-state index contributed by atoms with van der Waals surface area (Å²) in [4.78, 5) is 11.3. The largest absolute Gasteiger partial charge is 0.463 e. The molecule has 0 aliphatic heterocycles. The average Bonchev–Trinajstić information content (AvgIpc) is 2.47. The van der Waals surface area contributed by atoms with Crippen molar-refractivity contribution in [3.05, 3.63) is 46.5 Å². The first-order valence-electron chi connectivity index (χ1n) is 7.29. The molecule has 1 fully saturated rings. The Hall–Kier alpha value is -1.09. The number of carbonyl (C=O) groups is 1. The summed E-state index contributed by atoms with van der Waals surface area (Å²) >= 11 is 3.47. The Morgan fingerprint density at radius 3 is 2.50 bits per heavy atom. The number of hydrogen-bond acceptors (Lipinski definition) is 2. The average molecular weight is 337 g/mol. The van der Waals surface area contributed by atoms with Crippen molar-refractivity contribution in [2.75, 3.05) is 6.61 Å². The molecule has 1 aromatic carbocycles. The minimum Gasteiger partial charge on any atom is -0.463 e. The van der Waals surface area contributed by atoms with Gasteiger partial charge >= 0.3 is 5.97 Å². The molecule has 0 N–H and O–H groups in total. The molecule has 0 saturated heterocycles. The zero-order valence-electron chi connectivity index (χ0n) is 11.8. The predicted molar refractivity (Wildman–Crippen MR) is 84.6 cm³/mol. The molecule has 0 spiro atoms. The molecule has 1 aliphatic rings. The van der Waals surface area contributed by atoms with Crippen molar-refractivity contribution in [3.8, 4) is 0 Å². The molecule has 0 radical (unpaired) electrons. The van der Waals surface area contributed by atoms with Gasteiger partial charge in [0.25, 0.3) is 0 Å². The van der Waals surface area contributed by atoms with Gasteiger partial charge in [-0.15, -0.1) is 0 Å². The smallest absolute Gasteiger partial charge is 0.330 e. The van der Waals surface area contributed by atoms with Gasteiger partial charge in [-0.05, 0) is 62.1 Å². The van der Waals surface area contributed by atoms with E-state index in [1.807, 2.05) is 13.0 Å². The molecule has 0 heterocycles. The van der Waals surface area contributed by atoms with E-state index in [4.69, 9.17) is 4.74 Å². The second-order valence-corrected chi connectivity index (χ2v) is 6.19. The molecule has 0 amide bonds. The van der Waals surface area contributed by atoms with Crippen LogP contribution in [0.3, 0.4) is 0 Å². The molecule has 0 bridgehead atoms. The second-order valence-electron chi connectivity index (χ2n) is 5.27. The number of benzene rings is 1. The third-order valence-corrected chi connectivity index (χ3v) is 4.43. The molecular weight excluding hydrogens is 316 g/mol. The van der Waals surface area contributed by atoms with Crippen molar-refractivity contribution in [3.63, 3.8) is 0 Å². The van der Waals surface area contributed by atoms with Crippen LogP contribution >= 0.6 is 15.9 Å². The van der Waals surface area contributed by atoms with Crippen LogP contribution in [0.4, 0.5) is 0 Å². The fourth-order valence-corrected chi connectivity index (χ4v) is 3.05. The number of ether oxygens (including phenoxy) is 1. The lowest BCUT2D eigenvalue weighted by molar-refractivity contribution is -0.137. The topological polar surface area (TPSA) is 26.3 Å². The Bertz CT molecular complexity index is 456. The molecule has 3 heteroatoms. The Kier molecular flexibility index (Phi) is 5.84. The van der Waals surface area contributed by atoms with Crippen LogP contribution in [0.5, 0.6) is 0 Å². The first-order valence-corrected chi connectivity index (χ1v) is 8.08. The summed E-state index contributed by atoms with van der Waals surface area (Å²) in [6.07, 6.45) is 8.30. The first-order chi connectivity index (χ1) is 9.69. The van der Waals surface area contributed by atoms with E-state index >= 15 is 0 Å². The minimum atomic E-state index is -0.220. The molecule has 2 rings (SSSR count). The standard InChI is InChI=1S/C17H21BrO2/c1-2-20-17(19)12-5-13-3-6-14(7-4-13)15-8-10-16(18)11-9-15/h5,8-14H,2-4,6-7H2,1H3/b12-5+. The summed E-state index contributed by atoms with van der Waals surface area (Å²) in [5, 5.41) is 0. The van der Waals surface area contributed by atoms with Crippen LogP contribution in [0.15, 0.2) is 40.9 Å². The van der Waals surface area contributed by atoms with Crippen molar-refractivity contribution >= 4 is 21.9 Å². The van der Waals surface area contributed by atoms with Crippen molar-refractivity contribution in [1.82, 2.24) is 0 Å². The van der Waals surface area contributed by atoms with Crippen LogP contribution in [-0.2, 0) is 9.53 Å². The van der Waals surface area contributed by atoms with E-state index in [0.29, 0.717) is 18.4 Å². The van der Waals surface area contributed by atoms with Crippen LogP contribution in [0, 0.1) is 5.92 Å². The summed E-state index contributed by atoms with van der Waals surface area (Å²) in [6, 6.07) is 8.65. The Morgan fingerprint density at radius 2 is 1.90 bits per heavy atom. The first kappa shape index (κ1) is 15.3. The normalized spacial score (nSPS) is 22.9. The number of halogens is 1. The highest BCUT2D eigenvalue weighted by Gasteiger charge is 2.20. The van der Waals surface area contributed by atoms with Gasteiger partial charge in [0.1, 0.15) is 0 Å². The second kappa shape index (κ2) is 7.63. The summed E-state index contributed by atoms with van der Waals surface area (Å²) in [5.41, 5.74) is 1.43. The Morgan fingerprint density at radius 1 is 1.25 bits per heavy atom. The van der Waals surface area contributed by atoms with E-state index in [2.05, 4.69) is 40.2 Å². The molecule has 1 aromatic rings.